The topological polar surface area (TPSA) is 24.9 Å². The predicted octanol–water partition coefficient (Wildman–Crippen LogP) is 2.95. The Balaban J connectivity index is 1.81. The molecular formula is C13H14N2S. The molecule has 0 radical (unpaired) electrons. The van der Waals surface area contributed by atoms with Gasteiger partial charge in [0.2, 0.25) is 0 Å². The SMILES string of the molecule is C=C(CNCc1cncs1)c1ccccc1. The summed E-state index contributed by atoms with van der Waals surface area (Å²) in [6.07, 6.45) is 1.89. The molecule has 0 aliphatic carbocycles. The Bertz CT molecular complexity index is 434. The molecule has 1 aromatic heterocycles. The van der Waals surface area contributed by atoms with Crippen molar-refractivity contribution in [3.63, 3.8) is 0 Å². The van der Waals surface area contributed by atoms with Gasteiger partial charge >= 0.3 is 0 Å². The summed E-state index contributed by atoms with van der Waals surface area (Å²) in [7, 11) is 0. The number of rotatable bonds is 5. The summed E-state index contributed by atoms with van der Waals surface area (Å²) in [5.41, 5.74) is 4.16. The van der Waals surface area contributed by atoms with Gasteiger partial charge in [0.1, 0.15) is 0 Å². The number of hydrogen-bond donors (Lipinski definition) is 1. The minimum absolute atomic E-state index is 0.807. The van der Waals surface area contributed by atoms with Gasteiger partial charge in [0, 0.05) is 24.2 Å². The first-order valence-corrected chi connectivity index (χ1v) is 6.05. The lowest BCUT2D eigenvalue weighted by Crippen LogP contribution is -2.14. The van der Waals surface area contributed by atoms with Crippen LogP contribution in [0.2, 0.25) is 0 Å². The van der Waals surface area contributed by atoms with E-state index in [1.54, 1.807) is 11.3 Å². The molecule has 0 aliphatic rings. The molecule has 0 atom stereocenters. The van der Waals surface area contributed by atoms with Crippen LogP contribution in [0.3, 0.4) is 0 Å². The third kappa shape index (κ3) is 3.02. The first-order chi connectivity index (χ1) is 7.86. The van der Waals surface area contributed by atoms with Gasteiger partial charge in [-0.15, -0.1) is 11.3 Å². The Morgan fingerprint density at radius 2 is 2.12 bits per heavy atom. The van der Waals surface area contributed by atoms with Crippen LogP contribution < -0.4 is 5.32 Å². The maximum absolute atomic E-state index is 4.07. The number of nitrogens with zero attached hydrogens (tertiary/aromatic N) is 1. The predicted molar refractivity (Wildman–Crippen MR) is 69.3 cm³/mol. The molecule has 2 nitrogen and oxygen atoms in total. The first kappa shape index (κ1) is 11.0. The molecule has 0 unspecified atom stereocenters. The smallest absolute Gasteiger partial charge is 0.0794 e. The zero-order chi connectivity index (χ0) is 11.2. The van der Waals surface area contributed by atoms with E-state index in [0.29, 0.717) is 0 Å². The molecule has 82 valence electrons. The summed E-state index contributed by atoms with van der Waals surface area (Å²) in [5, 5.41) is 3.36. The minimum atomic E-state index is 0.807. The maximum atomic E-state index is 4.07. The van der Waals surface area contributed by atoms with Crippen molar-refractivity contribution in [2.75, 3.05) is 6.54 Å². The second-order valence-corrected chi connectivity index (χ2v) is 4.51. The monoisotopic (exact) mass is 230 g/mol. The second kappa shape index (κ2) is 5.58. The average Bonchev–Trinajstić information content (AvgIpc) is 2.83. The molecule has 0 spiro atoms. The van der Waals surface area contributed by atoms with Crippen molar-refractivity contribution in [1.82, 2.24) is 10.3 Å². The van der Waals surface area contributed by atoms with Gasteiger partial charge in [0.25, 0.3) is 0 Å². The van der Waals surface area contributed by atoms with Crippen LogP contribution in [0.25, 0.3) is 5.57 Å². The Morgan fingerprint density at radius 3 is 2.81 bits per heavy atom. The Morgan fingerprint density at radius 1 is 1.31 bits per heavy atom. The van der Waals surface area contributed by atoms with Gasteiger partial charge in [-0.3, -0.25) is 4.98 Å². The fourth-order valence-corrected chi connectivity index (χ4v) is 2.01. The van der Waals surface area contributed by atoms with Crippen molar-refractivity contribution >= 4 is 16.9 Å². The molecule has 1 aromatic carbocycles. The number of aromatic nitrogens is 1. The molecule has 16 heavy (non-hydrogen) atoms. The third-order valence-corrected chi connectivity index (χ3v) is 3.08. The van der Waals surface area contributed by atoms with Crippen molar-refractivity contribution < 1.29 is 0 Å². The van der Waals surface area contributed by atoms with Gasteiger partial charge in [-0.05, 0) is 11.1 Å². The molecule has 1 heterocycles. The zero-order valence-electron chi connectivity index (χ0n) is 9.02. The summed E-state index contributed by atoms with van der Waals surface area (Å²) in [6.45, 7) is 5.73. The second-order valence-electron chi connectivity index (χ2n) is 3.54. The van der Waals surface area contributed by atoms with Gasteiger partial charge in [0.05, 0.1) is 5.51 Å². The van der Waals surface area contributed by atoms with E-state index in [0.717, 1.165) is 18.7 Å². The molecule has 2 aromatic rings. The average molecular weight is 230 g/mol. The highest BCUT2D eigenvalue weighted by Gasteiger charge is 1.98. The van der Waals surface area contributed by atoms with Gasteiger partial charge in [0.15, 0.2) is 0 Å². The van der Waals surface area contributed by atoms with Crippen molar-refractivity contribution in [1.29, 1.82) is 0 Å². The molecule has 0 bridgehead atoms. The van der Waals surface area contributed by atoms with E-state index in [1.807, 2.05) is 29.9 Å². The van der Waals surface area contributed by atoms with Crippen LogP contribution in [0.5, 0.6) is 0 Å². The number of hydrogen-bond acceptors (Lipinski definition) is 3. The van der Waals surface area contributed by atoms with Gasteiger partial charge < -0.3 is 5.32 Å². The lowest BCUT2D eigenvalue weighted by atomic mass is 10.1. The third-order valence-electron chi connectivity index (χ3n) is 2.30. The van der Waals surface area contributed by atoms with E-state index in [2.05, 4.69) is 29.0 Å². The highest BCUT2D eigenvalue weighted by atomic mass is 32.1. The fourth-order valence-electron chi connectivity index (χ4n) is 1.44. The van der Waals surface area contributed by atoms with Crippen molar-refractivity contribution in [3.8, 4) is 0 Å². The molecule has 0 aliphatic heterocycles. The molecule has 0 saturated heterocycles. The molecule has 0 saturated carbocycles. The van der Waals surface area contributed by atoms with Crippen LogP contribution in [-0.4, -0.2) is 11.5 Å². The summed E-state index contributed by atoms with van der Waals surface area (Å²) in [6, 6.07) is 10.2. The summed E-state index contributed by atoms with van der Waals surface area (Å²) < 4.78 is 0. The quantitative estimate of drug-likeness (QED) is 0.854. The minimum Gasteiger partial charge on any atom is -0.308 e. The van der Waals surface area contributed by atoms with Gasteiger partial charge in [-0.2, -0.15) is 0 Å². The van der Waals surface area contributed by atoms with Crippen molar-refractivity contribution in [2.45, 2.75) is 6.54 Å². The Labute approximate surface area is 99.7 Å². The van der Waals surface area contributed by atoms with Crippen LogP contribution in [0.1, 0.15) is 10.4 Å². The van der Waals surface area contributed by atoms with Crippen molar-refractivity contribution in [3.05, 3.63) is 59.1 Å². The van der Waals surface area contributed by atoms with Gasteiger partial charge in [-0.25, -0.2) is 0 Å². The maximum Gasteiger partial charge on any atom is 0.0794 e. The highest BCUT2D eigenvalue weighted by molar-refractivity contribution is 7.09. The van der Waals surface area contributed by atoms with E-state index in [-0.39, 0.29) is 0 Å². The normalized spacial score (nSPS) is 10.2. The fraction of sp³-hybridized carbons (Fsp3) is 0.154. The summed E-state index contributed by atoms with van der Waals surface area (Å²) in [4.78, 5) is 5.28. The standard InChI is InChI=1S/C13H14N2S/c1-11(12-5-3-2-4-6-12)7-14-8-13-9-15-10-16-13/h2-6,9-10,14H,1,7-8H2. The Kier molecular flexibility index (Phi) is 3.86. The van der Waals surface area contributed by atoms with E-state index in [1.165, 1.54) is 10.4 Å². The zero-order valence-corrected chi connectivity index (χ0v) is 9.83. The van der Waals surface area contributed by atoms with Crippen LogP contribution in [-0.2, 0) is 6.54 Å². The van der Waals surface area contributed by atoms with Crippen LogP contribution in [0.15, 0.2) is 48.6 Å². The number of thiazole rings is 1. The van der Waals surface area contributed by atoms with E-state index >= 15 is 0 Å². The largest absolute Gasteiger partial charge is 0.308 e. The highest BCUT2D eigenvalue weighted by Crippen LogP contribution is 2.11. The lowest BCUT2D eigenvalue weighted by Gasteiger charge is -2.06. The first-order valence-electron chi connectivity index (χ1n) is 5.17. The molecular weight excluding hydrogens is 216 g/mol. The molecule has 2 rings (SSSR count). The Hall–Kier alpha value is -1.45. The molecule has 0 fully saturated rings. The van der Waals surface area contributed by atoms with E-state index < -0.39 is 0 Å². The summed E-state index contributed by atoms with van der Waals surface area (Å²) >= 11 is 1.67. The lowest BCUT2D eigenvalue weighted by molar-refractivity contribution is 0.777. The van der Waals surface area contributed by atoms with Crippen molar-refractivity contribution in [2.24, 2.45) is 0 Å². The number of benzene rings is 1. The van der Waals surface area contributed by atoms with Crippen LogP contribution in [0, 0.1) is 0 Å². The molecule has 1 N–H and O–H groups in total. The van der Waals surface area contributed by atoms with Crippen LogP contribution in [0.4, 0.5) is 0 Å². The summed E-state index contributed by atoms with van der Waals surface area (Å²) in [5.74, 6) is 0. The number of nitrogens with one attached hydrogen (secondary N) is 1. The van der Waals surface area contributed by atoms with E-state index in [9.17, 15) is 0 Å². The molecule has 0 amide bonds. The molecule has 3 heteroatoms. The van der Waals surface area contributed by atoms with E-state index in [4.69, 9.17) is 0 Å². The van der Waals surface area contributed by atoms with Crippen LogP contribution >= 0.6 is 11.3 Å². The van der Waals surface area contributed by atoms with Gasteiger partial charge in [-0.1, -0.05) is 36.9 Å².